The van der Waals surface area contributed by atoms with E-state index in [2.05, 4.69) is 0 Å². The minimum absolute atomic E-state index is 0. The van der Waals surface area contributed by atoms with Crippen molar-refractivity contribution in [1.29, 1.82) is 0 Å². The van der Waals surface area contributed by atoms with Gasteiger partial charge < -0.3 is 16.1 Å². The molecule has 0 unspecified atom stereocenters. The van der Waals surface area contributed by atoms with Gasteiger partial charge in [0.15, 0.2) is 0 Å². The number of carbonyl (C=O) groups is 1. The molecule has 0 atom stereocenters. The molecule has 0 spiro atoms. The Hall–Kier alpha value is 1.45. The first-order valence-electron chi connectivity index (χ1n) is 8.15. The van der Waals surface area contributed by atoms with E-state index >= 15 is 0 Å². The molecular weight excluding hydrogens is 966 g/mol. The van der Waals surface area contributed by atoms with E-state index in [9.17, 15) is 87.8 Å². The van der Waals surface area contributed by atoms with Crippen LogP contribution in [-0.2, 0) is 54.9 Å². The summed E-state index contributed by atoms with van der Waals surface area (Å²) in [6.07, 6.45) is -7.92. The number of rotatable bonds is 10. The summed E-state index contributed by atoms with van der Waals surface area (Å²) in [5.41, 5.74) is 0. The molecule has 280 valence electrons. The summed E-state index contributed by atoms with van der Waals surface area (Å²) in [6.45, 7) is -2.29. The molecule has 0 amide bonds. The van der Waals surface area contributed by atoms with Crippen molar-refractivity contribution >= 4 is 76.3 Å². The standard InChI is InChI=1S/C11H6F17NO4S.6ClH.3Cr.2H2O/c1-29(2-3(30)31)34(32,33)11(27,28)9(22,23)7(18,19)5(14,15)4(12,13)6(16,17)8(20,21)10(24,25)26;;;;;;;;;;;/h2H2,1H3,(H,30,31);6*1H;;;;2*1H2/q;;;;;;;3*+2;;/p-6. The van der Waals surface area contributed by atoms with Gasteiger partial charge >= 0.3 is 153 Å². The molecule has 0 aromatic rings. The Bertz CT molecular complexity index is 981. The van der Waals surface area contributed by atoms with Crippen LogP contribution in [0, 0.1) is 0 Å². The molecule has 0 saturated carbocycles. The van der Waals surface area contributed by atoms with E-state index in [4.69, 9.17) is 65.4 Å². The first-order valence-corrected chi connectivity index (χ1v) is 20.1. The molecule has 5 N–H and O–H groups in total. The Kier molecular flexibility index (Phi) is 27.3. The van der Waals surface area contributed by atoms with Crippen LogP contribution in [0.4, 0.5) is 74.6 Å². The van der Waals surface area contributed by atoms with Gasteiger partial charge in [-0.25, -0.2) is 8.42 Å². The van der Waals surface area contributed by atoms with Crippen molar-refractivity contribution in [3.05, 3.63) is 0 Å². The molecule has 0 fully saturated rings. The van der Waals surface area contributed by atoms with Gasteiger partial charge in [-0.05, 0) is 0 Å². The van der Waals surface area contributed by atoms with Crippen molar-refractivity contribution in [3.63, 3.8) is 0 Å². The second-order valence-corrected chi connectivity index (χ2v) is 14.7. The van der Waals surface area contributed by atoms with Crippen molar-refractivity contribution in [3.8, 4) is 0 Å². The Morgan fingerprint density at radius 2 is 0.778 bits per heavy atom. The molecule has 7 nitrogen and oxygen atoms in total. The van der Waals surface area contributed by atoms with Crippen LogP contribution in [-0.4, -0.2) is 95.3 Å². The molecule has 0 rings (SSSR count). The number of hydrogen-bond donors (Lipinski definition) is 1. The zero-order valence-corrected chi connectivity index (χ0v) is 28.8. The monoisotopic (exact) mass is 973 g/mol. The third-order valence-corrected chi connectivity index (χ3v) is 5.64. The Morgan fingerprint density at radius 3 is 0.978 bits per heavy atom. The molecule has 0 aromatic carbocycles. The van der Waals surface area contributed by atoms with E-state index < -0.39 is 73.8 Å². The topological polar surface area (TPSA) is 138 Å². The fourth-order valence-corrected chi connectivity index (χ4v) is 2.91. The maximum absolute atomic E-state index is 13.7. The summed E-state index contributed by atoms with van der Waals surface area (Å²) >= 11 is -0.542. The molecule has 0 saturated heterocycles. The first kappa shape index (κ1) is 58.6. The Balaban J connectivity index is -0.000000306. The Labute approximate surface area is 283 Å². The third-order valence-electron chi connectivity index (χ3n) is 3.79. The van der Waals surface area contributed by atoms with Crippen LogP contribution in [0.25, 0.3) is 0 Å². The van der Waals surface area contributed by atoms with Gasteiger partial charge in [0, 0.05) is 7.05 Å². The minimum atomic E-state index is -8.94. The van der Waals surface area contributed by atoms with Gasteiger partial charge in [0.1, 0.15) is 6.54 Å². The third kappa shape index (κ3) is 12.3. The summed E-state index contributed by atoms with van der Waals surface area (Å²) in [6, 6.07) is 0. The molecule has 0 aliphatic carbocycles. The van der Waals surface area contributed by atoms with Gasteiger partial charge in [-0.3, -0.25) is 4.79 Å². The number of carboxylic acids is 1. The van der Waals surface area contributed by atoms with Crippen LogP contribution < -0.4 is 0 Å². The molecule has 0 aromatic heterocycles. The molecule has 0 heterocycles. The zero-order valence-electron chi connectivity index (χ0n) is 19.7. The number of nitrogens with zero attached hydrogens (tertiary/aromatic N) is 1. The quantitative estimate of drug-likeness (QED) is 0.242. The molecule has 0 aliphatic rings. The first-order chi connectivity index (χ1) is 18.6. The van der Waals surface area contributed by atoms with Gasteiger partial charge in [-0.1, -0.05) is 0 Å². The number of sulfonamides is 1. The maximum atomic E-state index is 13.7. The van der Waals surface area contributed by atoms with Crippen molar-refractivity contribution < 1.29 is 144 Å². The van der Waals surface area contributed by atoms with E-state index in [-0.39, 0.29) is 58.1 Å². The summed E-state index contributed by atoms with van der Waals surface area (Å²) < 4.78 is 243. The molecule has 0 radical (unpaired) electrons. The molecule has 45 heavy (non-hydrogen) atoms. The number of alkyl halides is 17. The Morgan fingerprint density at radius 1 is 0.578 bits per heavy atom. The van der Waals surface area contributed by atoms with E-state index in [1.807, 2.05) is 0 Å². The van der Waals surface area contributed by atoms with Gasteiger partial charge in [0.25, 0.3) is 10.0 Å². The van der Waals surface area contributed by atoms with Gasteiger partial charge in [-0.2, -0.15) is 78.9 Å². The van der Waals surface area contributed by atoms with Crippen LogP contribution in [0.5, 0.6) is 0 Å². The average molecular weight is 976 g/mol. The average Bonchev–Trinajstić information content (AvgIpc) is 2.78. The molecule has 0 aliphatic heterocycles. The van der Waals surface area contributed by atoms with Crippen molar-refractivity contribution in [2.75, 3.05) is 13.6 Å². The summed E-state index contributed by atoms with van der Waals surface area (Å²) in [5.74, 6) is -54.7. The second kappa shape index (κ2) is 21.0. The van der Waals surface area contributed by atoms with Crippen LogP contribution in [0.3, 0.4) is 0 Å². The SMILES string of the molecule is CN(CC(=O)O)S(=O)(=O)C(F)(F)C(F)(F)C(F)(F)C(F)(F)C(F)(F)C(F)(F)C(F)(F)C(F)(F)F.O.O.[Cl][Cr][Cl].[Cl][Cr][Cl].[Cl][Cr][Cl]. The number of aliphatic carboxylic acids is 1. The van der Waals surface area contributed by atoms with E-state index in [1.165, 1.54) is 0 Å². The summed E-state index contributed by atoms with van der Waals surface area (Å²) in [5, 5.41) is 0.422. The van der Waals surface area contributed by atoms with Crippen LogP contribution in [0.15, 0.2) is 0 Å². The van der Waals surface area contributed by atoms with Crippen molar-refractivity contribution in [2.45, 2.75) is 47.0 Å². The van der Waals surface area contributed by atoms with E-state index in [1.54, 1.807) is 0 Å². The van der Waals surface area contributed by atoms with Gasteiger partial charge in [0.2, 0.25) is 0 Å². The number of carboxylic acid groups (broad SMARTS) is 1. The van der Waals surface area contributed by atoms with Crippen molar-refractivity contribution in [1.82, 2.24) is 4.31 Å². The second-order valence-electron chi connectivity index (χ2n) is 6.29. The fourth-order valence-electron chi connectivity index (χ4n) is 1.78. The normalized spacial score (nSPS) is 13.4. The summed E-state index contributed by atoms with van der Waals surface area (Å²) in [7, 11) is 21.0. The molecule has 34 heteroatoms. The van der Waals surface area contributed by atoms with Crippen LogP contribution >= 0.6 is 60.3 Å². The number of halogens is 23. The van der Waals surface area contributed by atoms with Crippen molar-refractivity contribution in [2.24, 2.45) is 0 Å². The fraction of sp³-hybridized carbons (Fsp3) is 0.909. The van der Waals surface area contributed by atoms with Crippen LogP contribution in [0.1, 0.15) is 0 Å². The molecule has 0 bridgehead atoms. The predicted molar refractivity (Wildman–Crippen MR) is 112 cm³/mol. The van der Waals surface area contributed by atoms with Crippen LogP contribution in [0.2, 0.25) is 0 Å². The van der Waals surface area contributed by atoms with E-state index in [0.29, 0.717) is 0 Å². The number of hydrogen-bond acceptors (Lipinski definition) is 3. The van der Waals surface area contributed by atoms with Gasteiger partial charge in [-0.15, -0.1) is 0 Å². The number of likely N-dealkylation sites (N-methyl/N-ethyl adjacent to an activating group) is 1. The zero-order chi connectivity index (χ0) is 36.5. The van der Waals surface area contributed by atoms with Gasteiger partial charge in [0.05, 0.1) is 0 Å². The summed E-state index contributed by atoms with van der Waals surface area (Å²) in [4.78, 5) is 10.3. The molecular formula is C11H10Cl6Cr3F17NO6S. The van der Waals surface area contributed by atoms with E-state index in [0.717, 1.165) is 0 Å². The predicted octanol–water partition coefficient (Wildman–Crippen LogP) is 6.78.